The zero-order valence-corrected chi connectivity index (χ0v) is 10.1. The Morgan fingerprint density at radius 1 is 1.56 bits per heavy atom. The van der Waals surface area contributed by atoms with E-state index < -0.39 is 12.0 Å². The van der Waals surface area contributed by atoms with Crippen molar-refractivity contribution in [3.8, 4) is 0 Å². The van der Waals surface area contributed by atoms with Gasteiger partial charge in [-0.2, -0.15) is 5.48 Å². The van der Waals surface area contributed by atoms with E-state index in [0.717, 1.165) is 11.3 Å². The molecule has 0 aromatic heterocycles. The summed E-state index contributed by atoms with van der Waals surface area (Å²) in [4.78, 5) is 12.7. The van der Waals surface area contributed by atoms with Crippen molar-refractivity contribution in [3.63, 3.8) is 0 Å². The number of rotatable bonds is 4. The highest BCUT2D eigenvalue weighted by Gasteiger charge is 2.37. The maximum absolute atomic E-state index is 10.9. The normalized spacial score (nSPS) is 23.8. The predicted octanol–water partition coefficient (Wildman–Crippen LogP) is 0.327. The highest BCUT2D eigenvalue weighted by Crippen LogP contribution is 2.40. The van der Waals surface area contributed by atoms with E-state index in [1.165, 1.54) is 0 Å². The number of carboxylic acids is 1. The highest BCUT2D eigenvalue weighted by molar-refractivity contribution is 5.73. The third-order valence-electron chi connectivity index (χ3n) is 3.47. The molecular weight excluding hydrogens is 234 g/mol. The van der Waals surface area contributed by atoms with Crippen LogP contribution in [0.2, 0.25) is 0 Å². The number of carboxylic acid groups (broad SMARTS) is 1. The number of para-hydroxylation sites is 1. The Labute approximate surface area is 105 Å². The number of nitrogens with two attached hydrogens (primary N) is 1. The molecular formula is C12H17N3O3. The number of aliphatic carboxylic acids is 1. The van der Waals surface area contributed by atoms with E-state index in [0.29, 0.717) is 0 Å². The van der Waals surface area contributed by atoms with Crippen LogP contribution in [0.4, 0.5) is 5.69 Å². The molecule has 0 spiro atoms. The van der Waals surface area contributed by atoms with Gasteiger partial charge in [0.15, 0.2) is 0 Å². The molecule has 2 rings (SSSR count). The number of hydrogen-bond acceptors (Lipinski definition) is 5. The van der Waals surface area contributed by atoms with Crippen LogP contribution in [0.25, 0.3) is 0 Å². The lowest BCUT2D eigenvalue weighted by atomic mass is 9.92. The lowest BCUT2D eigenvalue weighted by Crippen LogP contribution is -2.44. The zero-order chi connectivity index (χ0) is 13.3. The van der Waals surface area contributed by atoms with E-state index in [4.69, 9.17) is 10.8 Å². The largest absolute Gasteiger partial charge is 0.480 e. The number of hydroxylamine groups is 1. The molecule has 1 heterocycles. The van der Waals surface area contributed by atoms with Gasteiger partial charge in [0, 0.05) is 18.7 Å². The fourth-order valence-electron chi connectivity index (χ4n) is 2.52. The lowest BCUT2D eigenvalue weighted by molar-refractivity contribution is -0.138. The first-order chi connectivity index (χ1) is 8.56. The smallest absolute Gasteiger partial charge is 0.320 e. The average molecular weight is 251 g/mol. The minimum absolute atomic E-state index is 0.151. The molecule has 0 radical (unpaired) electrons. The molecule has 3 atom stereocenters. The third-order valence-corrected chi connectivity index (χ3v) is 3.47. The van der Waals surface area contributed by atoms with Crippen molar-refractivity contribution in [2.75, 3.05) is 11.9 Å². The number of fused-ring (bicyclic) bond motifs is 1. The molecule has 1 aliphatic heterocycles. The summed E-state index contributed by atoms with van der Waals surface area (Å²) in [7, 11) is 1.85. The molecule has 1 aliphatic rings. The number of anilines is 1. The van der Waals surface area contributed by atoms with E-state index in [9.17, 15) is 10.0 Å². The molecule has 0 amide bonds. The van der Waals surface area contributed by atoms with Crippen molar-refractivity contribution in [2.45, 2.75) is 24.5 Å². The van der Waals surface area contributed by atoms with Crippen LogP contribution in [-0.4, -0.2) is 35.5 Å². The van der Waals surface area contributed by atoms with Gasteiger partial charge in [0.1, 0.15) is 12.2 Å². The first kappa shape index (κ1) is 12.8. The highest BCUT2D eigenvalue weighted by atomic mass is 16.5. The molecule has 0 aliphatic carbocycles. The molecule has 1 aromatic rings. The van der Waals surface area contributed by atoms with Gasteiger partial charge in [-0.05, 0) is 18.1 Å². The molecule has 1 aromatic carbocycles. The summed E-state index contributed by atoms with van der Waals surface area (Å²) in [6.45, 7) is 0. The Morgan fingerprint density at radius 2 is 2.22 bits per heavy atom. The topological polar surface area (TPSA) is 98.8 Å². The minimum Gasteiger partial charge on any atom is -0.480 e. The van der Waals surface area contributed by atoms with Crippen molar-refractivity contribution in [1.29, 1.82) is 0 Å². The summed E-state index contributed by atoms with van der Waals surface area (Å²) < 4.78 is 0. The van der Waals surface area contributed by atoms with Gasteiger partial charge in [0.2, 0.25) is 0 Å². The molecule has 98 valence electrons. The molecule has 18 heavy (non-hydrogen) atoms. The summed E-state index contributed by atoms with van der Waals surface area (Å²) >= 11 is 0. The SMILES string of the molecule is CN1c2ccccc2C(CC(N)C(=O)O)C1NO. The second-order valence-corrected chi connectivity index (χ2v) is 4.53. The molecule has 0 bridgehead atoms. The van der Waals surface area contributed by atoms with Crippen LogP contribution in [-0.2, 0) is 4.79 Å². The Morgan fingerprint density at radius 3 is 2.83 bits per heavy atom. The summed E-state index contributed by atoms with van der Waals surface area (Å²) in [6.07, 6.45) is -0.0812. The minimum atomic E-state index is -1.03. The van der Waals surface area contributed by atoms with Gasteiger partial charge < -0.3 is 20.9 Å². The van der Waals surface area contributed by atoms with Gasteiger partial charge in [0.05, 0.1) is 0 Å². The van der Waals surface area contributed by atoms with Crippen molar-refractivity contribution in [1.82, 2.24) is 5.48 Å². The van der Waals surface area contributed by atoms with E-state index in [1.807, 2.05) is 36.2 Å². The van der Waals surface area contributed by atoms with Gasteiger partial charge >= 0.3 is 5.97 Å². The Kier molecular flexibility index (Phi) is 3.51. The number of carbonyl (C=O) groups is 1. The molecule has 3 unspecified atom stereocenters. The average Bonchev–Trinajstić information content (AvgIpc) is 2.63. The predicted molar refractivity (Wildman–Crippen MR) is 66.5 cm³/mol. The van der Waals surface area contributed by atoms with Crippen molar-refractivity contribution >= 4 is 11.7 Å². The van der Waals surface area contributed by atoms with Gasteiger partial charge in [-0.3, -0.25) is 4.79 Å². The van der Waals surface area contributed by atoms with Crippen molar-refractivity contribution < 1.29 is 15.1 Å². The quantitative estimate of drug-likeness (QED) is 0.575. The first-order valence-corrected chi connectivity index (χ1v) is 5.76. The summed E-state index contributed by atoms with van der Waals surface area (Å²) in [6, 6.07) is 6.73. The second-order valence-electron chi connectivity index (χ2n) is 4.53. The lowest BCUT2D eigenvalue weighted by Gasteiger charge is -2.26. The number of nitrogens with zero attached hydrogens (tertiary/aromatic N) is 1. The van der Waals surface area contributed by atoms with Gasteiger partial charge in [-0.25, -0.2) is 0 Å². The van der Waals surface area contributed by atoms with Gasteiger partial charge in [-0.15, -0.1) is 0 Å². The monoisotopic (exact) mass is 251 g/mol. The van der Waals surface area contributed by atoms with E-state index in [1.54, 1.807) is 0 Å². The van der Waals surface area contributed by atoms with Gasteiger partial charge in [-0.1, -0.05) is 18.2 Å². The van der Waals surface area contributed by atoms with Crippen LogP contribution in [0.5, 0.6) is 0 Å². The van der Waals surface area contributed by atoms with Crippen LogP contribution < -0.4 is 16.1 Å². The fraction of sp³-hybridized carbons (Fsp3) is 0.417. The van der Waals surface area contributed by atoms with Crippen molar-refractivity contribution in [3.05, 3.63) is 29.8 Å². The number of benzene rings is 1. The maximum atomic E-state index is 10.9. The number of nitrogens with one attached hydrogen (secondary N) is 1. The van der Waals surface area contributed by atoms with Crippen LogP contribution in [0.15, 0.2) is 24.3 Å². The van der Waals surface area contributed by atoms with E-state index in [2.05, 4.69) is 5.48 Å². The van der Waals surface area contributed by atoms with Gasteiger partial charge in [0.25, 0.3) is 0 Å². The van der Waals surface area contributed by atoms with E-state index >= 15 is 0 Å². The Hall–Kier alpha value is -1.63. The van der Waals surface area contributed by atoms with Crippen LogP contribution >= 0.6 is 0 Å². The number of hydrogen-bond donors (Lipinski definition) is 4. The molecule has 6 nitrogen and oxygen atoms in total. The first-order valence-electron chi connectivity index (χ1n) is 5.76. The molecule has 0 saturated heterocycles. The van der Waals surface area contributed by atoms with Crippen LogP contribution in [0.1, 0.15) is 17.9 Å². The zero-order valence-electron chi connectivity index (χ0n) is 10.1. The van der Waals surface area contributed by atoms with Crippen LogP contribution in [0, 0.1) is 0 Å². The maximum Gasteiger partial charge on any atom is 0.320 e. The fourth-order valence-corrected chi connectivity index (χ4v) is 2.52. The Balaban J connectivity index is 2.30. The summed E-state index contributed by atoms with van der Waals surface area (Å²) in [5, 5.41) is 18.1. The summed E-state index contributed by atoms with van der Waals surface area (Å²) in [5.41, 5.74) is 9.80. The van der Waals surface area contributed by atoms with Crippen LogP contribution in [0.3, 0.4) is 0 Å². The van der Waals surface area contributed by atoms with Crippen molar-refractivity contribution in [2.24, 2.45) is 5.73 Å². The standard InChI is InChI=1S/C12H17N3O3/c1-15-10-5-3-2-4-7(10)8(11(15)14-18)6-9(13)12(16)17/h2-5,8-9,11,14,18H,6,13H2,1H3,(H,16,17). The molecule has 5 N–H and O–H groups in total. The van der Waals surface area contributed by atoms with E-state index in [-0.39, 0.29) is 18.5 Å². The third kappa shape index (κ3) is 2.05. The Bertz CT molecular complexity index is 452. The molecule has 0 fully saturated rings. The number of likely N-dealkylation sites (N-methyl/N-ethyl adjacent to an activating group) is 1. The summed E-state index contributed by atoms with van der Waals surface area (Å²) in [5.74, 6) is -1.18. The molecule has 0 saturated carbocycles. The second kappa shape index (κ2) is 4.93. The molecule has 6 heteroatoms.